The number of carbonyl (C=O) groups is 1. The van der Waals surface area contributed by atoms with Crippen LogP contribution in [0.2, 0.25) is 0 Å². The Morgan fingerprint density at radius 1 is 1.39 bits per heavy atom. The molecular formula is C12H14F2N2O2. The fourth-order valence-electron chi connectivity index (χ4n) is 1.95. The van der Waals surface area contributed by atoms with Gasteiger partial charge in [-0.15, -0.1) is 0 Å². The zero-order valence-corrected chi connectivity index (χ0v) is 9.75. The normalized spacial score (nSPS) is 24.6. The van der Waals surface area contributed by atoms with Gasteiger partial charge in [0.2, 0.25) is 0 Å². The molecule has 0 aromatic carbocycles. The van der Waals surface area contributed by atoms with Crippen molar-refractivity contribution in [1.82, 2.24) is 5.43 Å². The van der Waals surface area contributed by atoms with Crippen LogP contribution in [0.1, 0.15) is 32.1 Å². The Hall–Kier alpha value is -1.56. The molecule has 0 saturated carbocycles. The zero-order chi connectivity index (χ0) is 13.1. The molecule has 2 rings (SSSR count). The van der Waals surface area contributed by atoms with Crippen molar-refractivity contribution < 1.29 is 18.7 Å². The number of aliphatic hydroxyl groups excluding tert-OH is 1. The van der Waals surface area contributed by atoms with E-state index in [1.807, 2.05) is 0 Å². The van der Waals surface area contributed by atoms with E-state index >= 15 is 0 Å². The molecule has 18 heavy (non-hydrogen) atoms. The van der Waals surface area contributed by atoms with Crippen molar-refractivity contribution in [3.63, 3.8) is 0 Å². The molecule has 0 aromatic rings. The summed E-state index contributed by atoms with van der Waals surface area (Å²) in [6.45, 7) is 0. The third kappa shape index (κ3) is 3.01. The van der Waals surface area contributed by atoms with Gasteiger partial charge in [-0.05, 0) is 25.3 Å². The van der Waals surface area contributed by atoms with Gasteiger partial charge in [-0.2, -0.15) is 5.10 Å². The van der Waals surface area contributed by atoms with E-state index in [-0.39, 0.29) is 12.8 Å². The number of hydrazone groups is 1. The summed E-state index contributed by atoms with van der Waals surface area (Å²) in [6, 6.07) is 0. The highest BCUT2D eigenvalue weighted by molar-refractivity contribution is 5.95. The highest BCUT2D eigenvalue weighted by Gasteiger charge is 2.22. The molecule has 1 heterocycles. The van der Waals surface area contributed by atoms with Crippen molar-refractivity contribution in [3.05, 3.63) is 23.3 Å². The van der Waals surface area contributed by atoms with E-state index in [9.17, 15) is 18.7 Å². The maximum Gasteiger partial charge on any atom is 0.269 e. The van der Waals surface area contributed by atoms with Gasteiger partial charge in [-0.25, -0.2) is 14.2 Å². The van der Waals surface area contributed by atoms with Crippen molar-refractivity contribution in [3.8, 4) is 0 Å². The van der Waals surface area contributed by atoms with Crippen molar-refractivity contribution >= 4 is 11.6 Å². The maximum atomic E-state index is 13.0. The van der Waals surface area contributed by atoms with Crippen LogP contribution in [0.4, 0.5) is 8.78 Å². The van der Waals surface area contributed by atoms with Crippen LogP contribution in [0.25, 0.3) is 0 Å². The second-order valence-corrected chi connectivity index (χ2v) is 4.43. The molecule has 1 aliphatic carbocycles. The molecule has 1 amide bonds. The summed E-state index contributed by atoms with van der Waals surface area (Å²) >= 11 is 0. The third-order valence-corrected chi connectivity index (χ3v) is 3.05. The van der Waals surface area contributed by atoms with Gasteiger partial charge in [-0.3, -0.25) is 4.79 Å². The van der Waals surface area contributed by atoms with Crippen LogP contribution in [-0.4, -0.2) is 22.8 Å². The van der Waals surface area contributed by atoms with E-state index in [4.69, 9.17) is 0 Å². The quantitative estimate of drug-likeness (QED) is 0.809. The van der Waals surface area contributed by atoms with Gasteiger partial charge < -0.3 is 5.11 Å². The lowest BCUT2D eigenvalue weighted by molar-refractivity contribution is -0.129. The highest BCUT2D eigenvalue weighted by atomic mass is 19.2. The predicted octanol–water partition coefficient (Wildman–Crippen LogP) is 1.87. The molecule has 98 valence electrons. The largest absolute Gasteiger partial charge is 0.383 e. The lowest BCUT2D eigenvalue weighted by Crippen LogP contribution is -2.38. The lowest BCUT2D eigenvalue weighted by atomic mass is 9.96. The SMILES string of the molecule is O=C1NN=C(CCC2=CC(F)=C(F)CC2)CC1O. The number of nitrogens with one attached hydrogen (secondary N) is 1. The summed E-state index contributed by atoms with van der Waals surface area (Å²) < 4.78 is 25.8. The van der Waals surface area contributed by atoms with Crippen LogP contribution >= 0.6 is 0 Å². The van der Waals surface area contributed by atoms with Crippen LogP contribution in [-0.2, 0) is 4.79 Å². The summed E-state index contributed by atoms with van der Waals surface area (Å²) in [5, 5.41) is 13.2. The Morgan fingerprint density at radius 3 is 2.83 bits per heavy atom. The molecule has 0 saturated heterocycles. The summed E-state index contributed by atoms with van der Waals surface area (Å²) in [5.74, 6) is -2.00. The van der Waals surface area contributed by atoms with E-state index in [1.54, 1.807) is 0 Å². The monoisotopic (exact) mass is 256 g/mol. The number of hydrogen-bond acceptors (Lipinski definition) is 3. The highest BCUT2D eigenvalue weighted by Crippen LogP contribution is 2.28. The van der Waals surface area contributed by atoms with Gasteiger partial charge in [0.1, 0.15) is 11.9 Å². The van der Waals surface area contributed by atoms with E-state index < -0.39 is 23.7 Å². The lowest BCUT2D eigenvalue weighted by Gasteiger charge is -2.18. The second kappa shape index (κ2) is 5.39. The van der Waals surface area contributed by atoms with Gasteiger partial charge in [0, 0.05) is 18.6 Å². The molecule has 4 nitrogen and oxygen atoms in total. The fourth-order valence-corrected chi connectivity index (χ4v) is 1.95. The third-order valence-electron chi connectivity index (χ3n) is 3.05. The van der Waals surface area contributed by atoms with Gasteiger partial charge in [0.15, 0.2) is 5.83 Å². The van der Waals surface area contributed by atoms with Crippen LogP contribution in [0.15, 0.2) is 28.4 Å². The van der Waals surface area contributed by atoms with Crippen LogP contribution in [0.3, 0.4) is 0 Å². The topological polar surface area (TPSA) is 61.7 Å². The van der Waals surface area contributed by atoms with Crippen LogP contribution in [0.5, 0.6) is 0 Å². The number of nitrogens with zero attached hydrogens (tertiary/aromatic N) is 1. The van der Waals surface area contributed by atoms with Gasteiger partial charge in [0.25, 0.3) is 5.91 Å². The number of aliphatic hydroxyl groups is 1. The first-order chi connectivity index (χ1) is 8.56. The second-order valence-electron chi connectivity index (χ2n) is 4.43. The minimum atomic E-state index is -1.06. The average Bonchev–Trinajstić information content (AvgIpc) is 2.35. The minimum Gasteiger partial charge on any atom is -0.383 e. The first kappa shape index (κ1) is 12.9. The van der Waals surface area contributed by atoms with Gasteiger partial charge in [0.05, 0.1) is 0 Å². The van der Waals surface area contributed by atoms with Crippen molar-refractivity contribution in [2.75, 3.05) is 0 Å². The number of hydrogen-bond donors (Lipinski definition) is 2. The van der Waals surface area contributed by atoms with Crippen LogP contribution in [0, 0.1) is 0 Å². The Bertz CT molecular complexity index is 455. The molecule has 0 aromatic heterocycles. The van der Waals surface area contributed by atoms with Gasteiger partial charge >= 0.3 is 0 Å². The van der Waals surface area contributed by atoms with E-state index in [2.05, 4.69) is 10.5 Å². The minimum absolute atomic E-state index is 0.101. The molecule has 2 N–H and O–H groups in total. The Labute approximate surface area is 103 Å². The molecular weight excluding hydrogens is 242 g/mol. The number of carbonyl (C=O) groups excluding carboxylic acids is 1. The number of rotatable bonds is 3. The summed E-state index contributed by atoms with van der Waals surface area (Å²) in [6.07, 6.45) is 2.04. The van der Waals surface area contributed by atoms with Crippen molar-refractivity contribution in [2.24, 2.45) is 5.10 Å². The standard InChI is InChI=1S/C12H14F2N2O2/c13-9-4-2-7(5-10(9)14)1-3-8-6-11(17)12(18)16-15-8/h5,11,17H,1-4,6H2,(H,16,18). The number of amides is 1. The predicted molar refractivity (Wildman–Crippen MR) is 62.0 cm³/mol. The van der Waals surface area contributed by atoms with E-state index in [1.165, 1.54) is 6.08 Å². The molecule has 0 bridgehead atoms. The molecule has 2 aliphatic rings. The molecule has 0 spiro atoms. The number of halogens is 2. The van der Waals surface area contributed by atoms with Crippen LogP contribution < -0.4 is 5.43 Å². The van der Waals surface area contributed by atoms with E-state index in [0.29, 0.717) is 25.0 Å². The first-order valence-corrected chi connectivity index (χ1v) is 5.83. The number of allylic oxidation sites excluding steroid dienone is 4. The zero-order valence-electron chi connectivity index (χ0n) is 9.75. The average molecular weight is 256 g/mol. The molecule has 6 heteroatoms. The molecule has 0 fully saturated rings. The van der Waals surface area contributed by atoms with Crippen molar-refractivity contribution in [2.45, 2.75) is 38.2 Å². The smallest absolute Gasteiger partial charge is 0.269 e. The molecule has 1 aliphatic heterocycles. The Morgan fingerprint density at radius 2 is 2.17 bits per heavy atom. The Kier molecular flexibility index (Phi) is 3.86. The maximum absolute atomic E-state index is 13.0. The summed E-state index contributed by atoms with van der Waals surface area (Å²) in [4.78, 5) is 10.9. The molecule has 0 radical (unpaired) electrons. The molecule has 1 unspecified atom stereocenters. The van der Waals surface area contributed by atoms with Gasteiger partial charge in [-0.1, -0.05) is 5.57 Å². The first-order valence-electron chi connectivity index (χ1n) is 5.83. The summed E-state index contributed by atoms with van der Waals surface area (Å²) in [7, 11) is 0. The fraction of sp³-hybridized carbons (Fsp3) is 0.500. The summed E-state index contributed by atoms with van der Waals surface area (Å²) in [5.41, 5.74) is 3.71. The Balaban J connectivity index is 1.90. The van der Waals surface area contributed by atoms with E-state index in [0.717, 1.165) is 5.57 Å². The molecule has 1 atom stereocenters. The van der Waals surface area contributed by atoms with Crippen molar-refractivity contribution in [1.29, 1.82) is 0 Å².